The van der Waals surface area contributed by atoms with Crippen molar-refractivity contribution in [2.24, 2.45) is 0 Å². The number of nitrogens with zero attached hydrogens (tertiary/aromatic N) is 6. The molecule has 8 heteroatoms. The lowest BCUT2D eigenvalue weighted by Gasteiger charge is -2.35. The molecule has 0 unspecified atom stereocenters. The summed E-state index contributed by atoms with van der Waals surface area (Å²) in [5, 5.41) is 11.1. The van der Waals surface area contributed by atoms with Crippen LogP contribution in [0.2, 0.25) is 0 Å². The Kier molecular flexibility index (Phi) is 5.81. The predicted molar refractivity (Wildman–Crippen MR) is 108 cm³/mol. The van der Waals surface area contributed by atoms with Crippen molar-refractivity contribution in [1.82, 2.24) is 30.0 Å². The first-order chi connectivity index (χ1) is 14.2. The Hall–Kier alpha value is -3.26. The highest BCUT2D eigenvalue weighted by Crippen LogP contribution is 2.15. The predicted octanol–water partition coefficient (Wildman–Crippen LogP) is 1.69. The summed E-state index contributed by atoms with van der Waals surface area (Å²) in [6, 6.07) is 15.8. The standard InChI is InChI=1S/C21H24N6O2/c1-17-4-2-3-5-18(17)14-25-10-12-26(13-11-25)21(28)15-29-20-8-6-19(7-9-20)27-16-22-23-24-27/h2-9,16H,10-15H2,1H3. The number of amides is 1. The molecule has 2 heterocycles. The second-order valence-corrected chi connectivity index (χ2v) is 7.12. The molecule has 2 aromatic carbocycles. The maximum atomic E-state index is 12.5. The number of benzene rings is 2. The lowest BCUT2D eigenvalue weighted by Crippen LogP contribution is -2.49. The molecule has 4 rings (SSSR count). The first-order valence-corrected chi connectivity index (χ1v) is 9.70. The molecule has 0 aliphatic carbocycles. The molecule has 1 aromatic heterocycles. The molecule has 1 fully saturated rings. The minimum absolute atomic E-state index is 0.0186. The van der Waals surface area contributed by atoms with Gasteiger partial charge in [-0.25, -0.2) is 4.68 Å². The SMILES string of the molecule is Cc1ccccc1CN1CCN(C(=O)COc2ccc(-n3cnnn3)cc2)CC1. The van der Waals surface area contributed by atoms with E-state index in [0.717, 1.165) is 38.4 Å². The topological polar surface area (TPSA) is 76.4 Å². The number of piperazine rings is 1. The molecule has 29 heavy (non-hydrogen) atoms. The van der Waals surface area contributed by atoms with E-state index in [2.05, 4.69) is 51.6 Å². The number of carbonyl (C=O) groups is 1. The second kappa shape index (κ2) is 8.83. The minimum atomic E-state index is 0.0186. The Bertz CT molecular complexity index is 934. The molecule has 150 valence electrons. The third-order valence-corrected chi connectivity index (χ3v) is 5.19. The molecule has 0 N–H and O–H groups in total. The highest BCUT2D eigenvalue weighted by Gasteiger charge is 2.21. The van der Waals surface area contributed by atoms with Crippen LogP contribution in [0.4, 0.5) is 0 Å². The van der Waals surface area contributed by atoms with Crippen LogP contribution in [0, 0.1) is 6.92 Å². The van der Waals surface area contributed by atoms with Crippen molar-refractivity contribution < 1.29 is 9.53 Å². The summed E-state index contributed by atoms with van der Waals surface area (Å²) in [6.45, 7) is 6.32. The van der Waals surface area contributed by atoms with Crippen LogP contribution in [0.1, 0.15) is 11.1 Å². The summed E-state index contributed by atoms with van der Waals surface area (Å²) in [7, 11) is 0. The molecule has 0 spiro atoms. The Morgan fingerprint density at radius 1 is 1.03 bits per heavy atom. The number of carbonyl (C=O) groups excluding carboxylic acids is 1. The molecule has 1 aliphatic rings. The van der Waals surface area contributed by atoms with Crippen molar-refractivity contribution in [3.05, 3.63) is 66.0 Å². The summed E-state index contributed by atoms with van der Waals surface area (Å²) in [5.41, 5.74) is 3.49. The molecular formula is C21H24N6O2. The van der Waals surface area contributed by atoms with Crippen molar-refractivity contribution in [1.29, 1.82) is 0 Å². The van der Waals surface area contributed by atoms with E-state index < -0.39 is 0 Å². The fraction of sp³-hybridized carbons (Fsp3) is 0.333. The number of hydrogen-bond acceptors (Lipinski definition) is 6. The molecular weight excluding hydrogens is 368 g/mol. The van der Waals surface area contributed by atoms with E-state index in [-0.39, 0.29) is 12.5 Å². The van der Waals surface area contributed by atoms with E-state index in [0.29, 0.717) is 5.75 Å². The Labute approximate surface area is 169 Å². The zero-order valence-electron chi connectivity index (χ0n) is 16.4. The van der Waals surface area contributed by atoms with Crippen LogP contribution in [0.5, 0.6) is 5.75 Å². The van der Waals surface area contributed by atoms with E-state index >= 15 is 0 Å². The molecule has 0 saturated carbocycles. The van der Waals surface area contributed by atoms with Gasteiger partial charge in [-0.3, -0.25) is 9.69 Å². The van der Waals surface area contributed by atoms with Crippen LogP contribution >= 0.6 is 0 Å². The van der Waals surface area contributed by atoms with Gasteiger partial charge >= 0.3 is 0 Å². The largest absolute Gasteiger partial charge is 0.484 e. The van der Waals surface area contributed by atoms with Crippen LogP contribution in [0.3, 0.4) is 0 Å². The summed E-state index contributed by atoms with van der Waals surface area (Å²) in [4.78, 5) is 16.8. The van der Waals surface area contributed by atoms with Crippen molar-refractivity contribution in [2.45, 2.75) is 13.5 Å². The minimum Gasteiger partial charge on any atom is -0.484 e. The summed E-state index contributed by atoms with van der Waals surface area (Å²) < 4.78 is 7.23. The molecule has 1 saturated heterocycles. The van der Waals surface area contributed by atoms with E-state index in [1.807, 2.05) is 29.2 Å². The number of hydrogen-bond donors (Lipinski definition) is 0. The van der Waals surface area contributed by atoms with Gasteiger partial charge in [-0.05, 0) is 52.7 Å². The Balaban J connectivity index is 1.23. The quantitative estimate of drug-likeness (QED) is 0.636. The van der Waals surface area contributed by atoms with Gasteiger partial charge < -0.3 is 9.64 Å². The number of aryl methyl sites for hydroxylation is 1. The summed E-state index contributed by atoms with van der Waals surface area (Å²) >= 11 is 0. The normalized spacial score (nSPS) is 14.7. The third-order valence-electron chi connectivity index (χ3n) is 5.19. The third kappa shape index (κ3) is 4.78. The van der Waals surface area contributed by atoms with Crippen LogP contribution in [0.15, 0.2) is 54.9 Å². The maximum absolute atomic E-state index is 12.5. The van der Waals surface area contributed by atoms with Crippen LogP contribution < -0.4 is 4.74 Å². The van der Waals surface area contributed by atoms with E-state index in [1.54, 1.807) is 4.68 Å². The fourth-order valence-electron chi connectivity index (χ4n) is 3.39. The lowest BCUT2D eigenvalue weighted by molar-refractivity contribution is -0.135. The molecule has 3 aromatic rings. The number of rotatable bonds is 6. The number of ether oxygens (including phenoxy) is 1. The van der Waals surface area contributed by atoms with Gasteiger partial charge in [0.15, 0.2) is 6.61 Å². The molecule has 1 aliphatic heterocycles. The van der Waals surface area contributed by atoms with Crippen molar-refractivity contribution >= 4 is 5.91 Å². The first kappa shape index (κ1) is 19.1. The molecule has 0 bridgehead atoms. The monoisotopic (exact) mass is 392 g/mol. The van der Waals surface area contributed by atoms with Gasteiger partial charge in [-0.2, -0.15) is 0 Å². The first-order valence-electron chi connectivity index (χ1n) is 9.70. The highest BCUT2D eigenvalue weighted by atomic mass is 16.5. The summed E-state index contributed by atoms with van der Waals surface area (Å²) in [5.74, 6) is 0.665. The smallest absolute Gasteiger partial charge is 0.260 e. The fourth-order valence-corrected chi connectivity index (χ4v) is 3.39. The molecule has 0 radical (unpaired) electrons. The van der Waals surface area contributed by atoms with Crippen LogP contribution in [0.25, 0.3) is 5.69 Å². The zero-order chi connectivity index (χ0) is 20.1. The van der Waals surface area contributed by atoms with Crippen molar-refractivity contribution in [2.75, 3.05) is 32.8 Å². The average molecular weight is 392 g/mol. The number of tetrazole rings is 1. The Morgan fingerprint density at radius 2 is 1.79 bits per heavy atom. The Morgan fingerprint density at radius 3 is 2.48 bits per heavy atom. The van der Waals surface area contributed by atoms with Gasteiger partial charge in [-0.15, -0.1) is 5.10 Å². The van der Waals surface area contributed by atoms with Gasteiger partial charge in [0.1, 0.15) is 12.1 Å². The van der Waals surface area contributed by atoms with Crippen molar-refractivity contribution in [3.8, 4) is 11.4 Å². The highest BCUT2D eigenvalue weighted by molar-refractivity contribution is 5.77. The molecule has 8 nitrogen and oxygen atoms in total. The van der Waals surface area contributed by atoms with Gasteiger partial charge in [-0.1, -0.05) is 24.3 Å². The lowest BCUT2D eigenvalue weighted by atomic mass is 10.1. The maximum Gasteiger partial charge on any atom is 0.260 e. The van der Waals surface area contributed by atoms with Gasteiger partial charge in [0, 0.05) is 32.7 Å². The molecule has 0 atom stereocenters. The second-order valence-electron chi connectivity index (χ2n) is 7.12. The van der Waals surface area contributed by atoms with Gasteiger partial charge in [0.2, 0.25) is 0 Å². The van der Waals surface area contributed by atoms with Gasteiger partial charge in [0.05, 0.1) is 5.69 Å². The van der Waals surface area contributed by atoms with E-state index in [1.165, 1.54) is 17.5 Å². The zero-order valence-corrected chi connectivity index (χ0v) is 16.4. The van der Waals surface area contributed by atoms with Crippen molar-refractivity contribution in [3.63, 3.8) is 0 Å². The van der Waals surface area contributed by atoms with Crippen LogP contribution in [-0.2, 0) is 11.3 Å². The van der Waals surface area contributed by atoms with E-state index in [4.69, 9.17) is 4.74 Å². The molecule has 1 amide bonds. The van der Waals surface area contributed by atoms with Gasteiger partial charge in [0.25, 0.3) is 5.91 Å². The van der Waals surface area contributed by atoms with E-state index in [9.17, 15) is 4.79 Å². The summed E-state index contributed by atoms with van der Waals surface area (Å²) in [6.07, 6.45) is 1.53. The average Bonchev–Trinajstić information content (AvgIpc) is 3.29. The van der Waals surface area contributed by atoms with Crippen LogP contribution in [-0.4, -0.2) is 68.7 Å². The number of aromatic nitrogens is 4.